The second-order valence-corrected chi connectivity index (χ2v) is 5.36. The van der Waals surface area contributed by atoms with Crippen LogP contribution < -0.4 is 10.1 Å². The van der Waals surface area contributed by atoms with E-state index in [1.165, 1.54) is 0 Å². The molecule has 0 aliphatic rings. The van der Waals surface area contributed by atoms with Gasteiger partial charge in [0.2, 0.25) is 0 Å². The number of carbonyl (C=O) groups is 1. The first-order valence-electron chi connectivity index (χ1n) is 6.31. The quantitative estimate of drug-likeness (QED) is 0.919. The molecule has 4 heteroatoms. The van der Waals surface area contributed by atoms with E-state index in [-0.39, 0.29) is 11.9 Å². The fraction of sp³-hybridized carbons (Fsp3) is 0.188. The molecule has 1 N–H and O–H groups in total. The van der Waals surface area contributed by atoms with E-state index < -0.39 is 0 Å². The van der Waals surface area contributed by atoms with Crippen molar-refractivity contribution in [2.45, 2.75) is 13.0 Å². The number of halogens is 1. The standard InChI is InChI=1S/C16H16BrNO2/c1-11(14-8-3-4-9-15(14)20-2)18-16(19)12-6-5-7-13(17)10-12/h3-11H,1-2H3,(H,18,19)/t11-/m1/s1. The summed E-state index contributed by atoms with van der Waals surface area (Å²) in [5, 5.41) is 2.97. The second kappa shape index (κ2) is 6.57. The van der Waals surface area contributed by atoms with Crippen LogP contribution in [0.2, 0.25) is 0 Å². The van der Waals surface area contributed by atoms with E-state index >= 15 is 0 Å². The third-order valence-electron chi connectivity index (χ3n) is 3.04. The highest BCUT2D eigenvalue weighted by Crippen LogP contribution is 2.24. The smallest absolute Gasteiger partial charge is 0.251 e. The summed E-state index contributed by atoms with van der Waals surface area (Å²) in [6, 6.07) is 14.9. The molecule has 2 aromatic carbocycles. The summed E-state index contributed by atoms with van der Waals surface area (Å²) in [5.74, 6) is 0.666. The van der Waals surface area contributed by atoms with Gasteiger partial charge in [0.05, 0.1) is 13.2 Å². The molecule has 2 aromatic rings. The first-order chi connectivity index (χ1) is 9.61. The third-order valence-corrected chi connectivity index (χ3v) is 3.53. The Morgan fingerprint density at radius 3 is 2.65 bits per heavy atom. The summed E-state index contributed by atoms with van der Waals surface area (Å²) in [6.07, 6.45) is 0. The Morgan fingerprint density at radius 1 is 1.20 bits per heavy atom. The van der Waals surface area contributed by atoms with Gasteiger partial charge in [-0.05, 0) is 31.2 Å². The van der Waals surface area contributed by atoms with E-state index in [0.29, 0.717) is 5.56 Å². The van der Waals surface area contributed by atoms with Gasteiger partial charge in [-0.1, -0.05) is 40.2 Å². The lowest BCUT2D eigenvalue weighted by atomic mass is 10.1. The number of ether oxygens (including phenoxy) is 1. The van der Waals surface area contributed by atoms with Crippen LogP contribution in [0.25, 0.3) is 0 Å². The van der Waals surface area contributed by atoms with Gasteiger partial charge in [0.15, 0.2) is 0 Å². The van der Waals surface area contributed by atoms with Crippen molar-refractivity contribution in [1.29, 1.82) is 0 Å². The lowest BCUT2D eigenvalue weighted by Crippen LogP contribution is -2.26. The minimum absolute atomic E-state index is 0.107. The molecule has 104 valence electrons. The summed E-state index contributed by atoms with van der Waals surface area (Å²) >= 11 is 3.36. The Morgan fingerprint density at radius 2 is 1.95 bits per heavy atom. The van der Waals surface area contributed by atoms with E-state index in [0.717, 1.165) is 15.8 Å². The zero-order valence-corrected chi connectivity index (χ0v) is 13.0. The van der Waals surface area contributed by atoms with Gasteiger partial charge >= 0.3 is 0 Å². The van der Waals surface area contributed by atoms with Gasteiger partial charge in [-0.2, -0.15) is 0 Å². The molecule has 0 fully saturated rings. The molecule has 0 aliphatic heterocycles. The monoisotopic (exact) mass is 333 g/mol. The average Bonchev–Trinajstić information content (AvgIpc) is 2.47. The summed E-state index contributed by atoms with van der Waals surface area (Å²) in [4.78, 5) is 12.2. The van der Waals surface area contributed by atoms with Gasteiger partial charge in [0.25, 0.3) is 5.91 Å². The number of hydrogen-bond donors (Lipinski definition) is 1. The van der Waals surface area contributed by atoms with Crippen LogP contribution in [0.1, 0.15) is 28.9 Å². The van der Waals surface area contributed by atoms with Crippen LogP contribution in [0.5, 0.6) is 5.75 Å². The van der Waals surface area contributed by atoms with Crippen LogP contribution in [0.4, 0.5) is 0 Å². The SMILES string of the molecule is COc1ccccc1[C@@H](C)NC(=O)c1cccc(Br)c1. The highest BCUT2D eigenvalue weighted by molar-refractivity contribution is 9.10. The zero-order valence-electron chi connectivity index (χ0n) is 11.4. The van der Waals surface area contributed by atoms with Crippen LogP contribution in [0.15, 0.2) is 53.0 Å². The van der Waals surface area contributed by atoms with Crippen LogP contribution in [0.3, 0.4) is 0 Å². The Hall–Kier alpha value is -1.81. The number of nitrogens with one attached hydrogen (secondary N) is 1. The molecule has 1 atom stereocenters. The van der Waals surface area contributed by atoms with Gasteiger partial charge in [-0.15, -0.1) is 0 Å². The van der Waals surface area contributed by atoms with E-state index in [9.17, 15) is 4.79 Å². The maximum atomic E-state index is 12.2. The van der Waals surface area contributed by atoms with Crippen molar-refractivity contribution in [1.82, 2.24) is 5.32 Å². The van der Waals surface area contributed by atoms with Crippen molar-refractivity contribution in [3.63, 3.8) is 0 Å². The number of carbonyl (C=O) groups excluding carboxylic acids is 1. The van der Waals surface area contributed by atoms with E-state index in [1.807, 2.05) is 43.3 Å². The van der Waals surface area contributed by atoms with Gasteiger partial charge in [0.1, 0.15) is 5.75 Å². The van der Waals surface area contributed by atoms with Gasteiger partial charge in [-0.3, -0.25) is 4.79 Å². The number of benzene rings is 2. The van der Waals surface area contributed by atoms with Crippen LogP contribution in [-0.2, 0) is 0 Å². The van der Waals surface area contributed by atoms with Crippen LogP contribution in [0, 0.1) is 0 Å². The molecule has 0 bridgehead atoms. The van der Waals surface area contributed by atoms with Crippen molar-refractivity contribution >= 4 is 21.8 Å². The van der Waals surface area contributed by atoms with Crippen LogP contribution in [-0.4, -0.2) is 13.0 Å². The van der Waals surface area contributed by atoms with E-state index in [4.69, 9.17) is 4.74 Å². The first kappa shape index (κ1) is 14.6. The van der Waals surface area contributed by atoms with Gasteiger partial charge in [-0.25, -0.2) is 0 Å². The molecule has 0 spiro atoms. The summed E-state index contributed by atoms with van der Waals surface area (Å²) < 4.78 is 6.20. The largest absolute Gasteiger partial charge is 0.496 e. The summed E-state index contributed by atoms with van der Waals surface area (Å²) in [6.45, 7) is 1.94. The summed E-state index contributed by atoms with van der Waals surface area (Å²) in [5.41, 5.74) is 1.58. The van der Waals surface area contributed by atoms with E-state index in [2.05, 4.69) is 21.2 Å². The molecule has 2 rings (SSSR count). The van der Waals surface area contributed by atoms with Crippen molar-refractivity contribution in [3.8, 4) is 5.75 Å². The maximum Gasteiger partial charge on any atom is 0.251 e. The molecule has 0 unspecified atom stereocenters. The highest BCUT2D eigenvalue weighted by Gasteiger charge is 2.14. The average molecular weight is 334 g/mol. The Balaban J connectivity index is 2.15. The summed E-state index contributed by atoms with van der Waals surface area (Å²) in [7, 11) is 1.63. The minimum atomic E-state index is -0.127. The zero-order chi connectivity index (χ0) is 14.5. The molecular formula is C16H16BrNO2. The number of methoxy groups -OCH3 is 1. The topological polar surface area (TPSA) is 38.3 Å². The van der Waals surface area contributed by atoms with Crippen molar-refractivity contribution in [2.75, 3.05) is 7.11 Å². The molecule has 3 nitrogen and oxygen atoms in total. The minimum Gasteiger partial charge on any atom is -0.496 e. The highest BCUT2D eigenvalue weighted by atomic mass is 79.9. The Bertz CT molecular complexity index is 613. The van der Waals surface area contributed by atoms with Crippen molar-refractivity contribution in [3.05, 3.63) is 64.1 Å². The first-order valence-corrected chi connectivity index (χ1v) is 7.10. The molecule has 0 saturated carbocycles. The van der Waals surface area contributed by atoms with Crippen molar-refractivity contribution < 1.29 is 9.53 Å². The second-order valence-electron chi connectivity index (χ2n) is 4.45. The number of amides is 1. The van der Waals surface area contributed by atoms with Gasteiger partial charge in [0, 0.05) is 15.6 Å². The number of para-hydroxylation sites is 1. The molecule has 0 radical (unpaired) electrons. The Labute approximate surface area is 127 Å². The lowest BCUT2D eigenvalue weighted by Gasteiger charge is -2.17. The van der Waals surface area contributed by atoms with Crippen LogP contribution >= 0.6 is 15.9 Å². The lowest BCUT2D eigenvalue weighted by molar-refractivity contribution is 0.0939. The molecule has 0 aromatic heterocycles. The predicted molar refractivity (Wildman–Crippen MR) is 83.0 cm³/mol. The normalized spacial score (nSPS) is 11.8. The Kier molecular flexibility index (Phi) is 4.79. The molecule has 0 saturated heterocycles. The molecular weight excluding hydrogens is 318 g/mol. The number of rotatable bonds is 4. The third kappa shape index (κ3) is 3.39. The van der Waals surface area contributed by atoms with Crippen molar-refractivity contribution in [2.24, 2.45) is 0 Å². The fourth-order valence-corrected chi connectivity index (χ4v) is 2.41. The maximum absolute atomic E-state index is 12.2. The molecule has 0 aliphatic carbocycles. The predicted octanol–water partition coefficient (Wildman–Crippen LogP) is 3.95. The van der Waals surface area contributed by atoms with E-state index in [1.54, 1.807) is 19.2 Å². The molecule has 20 heavy (non-hydrogen) atoms. The molecule has 0 heterocycles. The number of hydrogen-bond acceptors (Lipinski definition) is 2. The fourth-order valence-electron chi connectivity index (χ4n) is 2.01. The van der Waals surface area contributed by atoms with Gasteiger partial charge < -0.3 is 10.1 Å². The molecule has 1 amide bonds.